The maximum Gasteiger partial charge on any atom is 0.306 e. The molecule has 0 aliphatic rings. The number of carbonyl (C=O) groups excluding carboxylic acids is 2. The van der Waals surface area contributed by atoms with Gasteiger partial charge in [0.25, 0.3) is 7.82 Å². The van der Waals surface area contributed by atoms with E-state index in [1.807, 2.05) is 21.1 Å². The highest BCUT2D eigenvalue weighted by molar-refractivity contribution is 7.45. The number of allylic oxidation sites excluding steroid dienone is 6. The molecule has 2 unspecified atom stereocenters. The zero-order chi connectivity index (χ0) is 44.3. The monoisotopic (exact) mass is 868 g/mol. The van der Waals surface area contributed by atoms with Crippen LogP contribution in [0.25, 0.3) is 0 Å². The summed E-state index contributed by atoms with van der Waals surface area (Å²) in [5, 5.41) is 0. The van der Waals surface area contributed by atoms with Crippen molar-refractivity contribution in [1.82, 2.24) is 0 Å². The van der Waals surface area contributed by atoms with Crippen molar-refractivity contribution in [2.75, 3.05) is 47.5 Å². The molecule has 60 heavy (non-hydrogen) atoms. The van der Waals surface area contributed by atoms with E-state index in [4.69, 9.17) is 18.5 Å². The van der Waals surface area contributed by atoms with Crippen molar-refractivity contribution in [3.63, 3.8) is 0 Å². The Balaban J connectivity index is 4.28. The van der Waals surface area contributed by atoms with Crippen LogP contribution in [-0.2, 0) is 32.7 Å². The third-order valence-corrected chi connectivity index (χ3v) is 11.6. The van der Waals surface area contributed by atoms with Gasteiger partial charge in [-0.25, -0.2) is 0 Å². The van der Waals surface area contributed by atoms with Crippen LogP contribution in [0.5, 0.6) is 0 Å². The van der Waals surface area contributed by atoms with Crippen LogP contribution in [0.4, 0.5) is 0 Å². The zero-order valence-corrected chi connectivity index (χ0v) is 40.6. The van der Waals surface area contributed by atoms with E-state index in [0.29, 0.717) is 17.4 Å². The van der Waals surface area contributed by atoms with Crippen molar-refractivity contribution in [3.05, 3.63) is 36.5 Å². The fraction of sp³-hybridized carbons (Fsp3) is 0.840. The number of esters is 2. The van der Waals surface area contributed by atoms with E-state index in [-0.39, 0.29) is 32.0 Å². The number of carbonyl (C=O) groups is 2. The number of ether oxygens (including phenoxy) is 2. The summed E-state index contributed by atoms with van der Waals surface area (Å²) in [6, 6.07) is 0. The number of likely N-dealkylation sites (N-methyl/N-ethyl adjacent to an activating group) is 1. The Hall–Kier alpha value is -1.77. The van der Waals surface area contributed by atoms with Gasteiger partial charge >= 0.3 is 11.9 Å². The molecule has 2 atom stereocenters. The van der Waals surface area contributed by atoms with E-state index in [2.05, 4.69) is 50.3 Å². The minimum atomic E-state index is -4.63. The second kappa shape index (κ2) is 42.5. The van der Waals surface area contributed by atoms with Gasteiger partial charge in [-0.2, -0.15) is 0 Å². The van der Waals surface area contributed by atoms with Crippen LogP contribution in [-0.4, -0.2) is 70.0 Å². The molecule has 0 spiro atoms. The summed E-state index contributed by atoms with van der Waals surface area (Å²) in [5.41, 5.74) is 0. The lowest BCUT2D eigenvalue weighted by Gasteiger charge is -2.28. The third-order valence-electron chi connectivity index (χ3n) is 10.6. The largest absolute Gasteiger partial charge is 0.756 e. The van der Waals surface area contributed by atoms with Crippen LogP contribution >= 0.6 is 7.82 Å². The van der Waals surface area contributed by atoms with Gasteiger partial charge in [0.2, 0.25) is 0 Å². The molecule has 0 aromatic carbocycles. The van der Waals surface area contributed by atoms with Crippen molar-refractivity contribution in [2.24, 2.45) is 0 Å². The van der Waals surface area contributed by atoms with Crippen LogP contribution in [0, 0.1) is 0 Å². The number of rotatable bonds is 45. The number of phosphoric ester groups is 1. The first kappa shape index (κ1) is 58.2. The number of quaternary nitrogens is 1. The summed E-state index contributed by atoms with van der Waals surface area (Å²) >= 11 is 0. The highest BCUT2D eigenvalue weighted by Gasteiger charge is 2.21. The van der Waals surface area contributed by atoms with Gasteiger partial charge in [-0.1, -0.05) is 172 Å². The summed E-state index contributed by atoms with van der Waals surface area (Å²) in [6.07, 6.45) is 48.8. The Morgan fingerprint density at radius 3 is 1.37 bits per heavy atom. The van der Waals surface area contributed by atoms with Gasteiger partial charge in [0.15, 0.2) is 6.10 Å². The molecule has 0 saturated carbocycles. The van der Waals surface area contributed by atoms with E-state index in [9.17, 15) is 19.0 Å². The van der Waals surface area contributed by atoms with Gasteiger partial charge in [-0.05, 0) is 70.6 Å². The molecule has 0 bridgehead atoms. The third kappa shape index (κ3) is 45.7. The molecule has 352 valence electrons. The first-order chi connectivity index (χ1) is 29.0. The van der Waals surface area contributed by atoms with Crippen LogP contribution < -0.4 is 4.89 Å². The number of nitrogens with zero attached hydrogens (tertiary/aromatic N) is 1. The Bertz CT molecular complexity index is 1120. The standard InChI is InChI=1S/C50H94NO8P/c1-6-8-10-12-14-16-18-20-22-24-25-27-28-30-32-34-36-38-40-42-49(52)56-46-48(47-58-60(54,55)57-45-44-51(3,4)5)59-50(53)43-41-39-37-35-33-31-29-26-23-21-19-17-15-13-11-9-7-2/h15,17,20-23,48H,6-14,16,18-19,24-47H2,1-5H3/b17-15-,22-20-,23-21-. The van der Waals surface area contributed by atoms with Crippen LogP contribution in [0.15, 0.2) is 36.5 Å². The molecule has 0 rings (SSSR count). The van der Waals surface area contributed by atoms with Crippen molar-refractivity contribution < 1.29 is 42.1 Å². The Kier molecular flexibility index (Phi) is 41.3. The molecular formula is C50H94NO8P. The lowest BCUT2D eigenvalue weighted by molar-refractivity contribution is -0.870. The average molecular weight is 868 g/mol. The molecule has 0 amide bonds. The molecule has 9 nitrogen and oxygen atoms in total. The fourth-order valence-corrected chi connectivity index (χ4v) is 7.47. The predicted octanol–water partition coefficient (Wildman–Crippen LogP) is 13.8. The minimum absolute atomic E-state index is 0.0326. The van der Waals surface area contributed by atoms with Crippen LogP contribution in [0.3, 0.4) is 0 Å². The van der Waals surface area contributed by atoms with Gasteiger partial charge in [-0.15, -0.1) is 0 Å². The van der Waals surface area contributed by atoms with E-state index < -0.39 is 26.5 Å². The zero-order valence-electron chi connectivity index (χ0n) is 39.7. The molecular weight excluding hydrogens is 774 g/mol. The van der Waals surface area contributed by atoms with E-state index in [1.165, 1.54) is 135 Å². The van der Waals surface area contributed by atoms with Gasteiger partial charge in [0, 0.05) is 12.8 Å². The second-order valence-corrected chi connectivity index (χ2v) is 19.2. The summed E-state index contributed by atoms with van der Waals surface area (Å²) in [6.45, 7) is 4.21. The Morgan fingerprint density at radius 2 is 0.900 bits per heavy atom. The minimum Gasteiger partial charge on any atom is -0.756 e. The molecule has 0 aromatic heterocycles. The average Bonchev–Trinajstić information content (AvgIpc) is 3.20. The molecule has 0 aliphatic heterocycles. The fourth-order valence-electron chi connectivity index (χ4n) is 6.74. The number of unbranched alkanes of at least 4 members (excludes halogenated alkanes) is 25. The maximum atomic E-state index is 12.7. The molecule has 0 fully saturated rings. The van der Waals surface area contributed by atoms with Crippen LogP contribution in [0.2, 0.25) is 0 Å². The predicted molar refractivity (Wildman–Crippen MR) is 250 cm³/mol. The van der Waals surface area contributed by atoms with Gasteiger partial charge < -0.3 is 27.9 Å². The Labute approximate surface area is 370 Å². The molecule has 0 radical (unpaired) electrons. The lowest BCUT2D eigenvalue weighted by Crippen LogP contribution is -2.37. The van der Waals surface area contributed by atoms with E-state index in [1.54, 1.807) is 0 Å². The molecule has 0 heterocycles. The normalized spacial score (nSPS) is 13.8. The molecule has 0 N–H and O–H groups in total. The molecule has 0 saturated heterocycles. The summed E-state index contributed by atoms with van der Waals surface area (Å²) in [5.74, 6) is -0.840. The summed E-state index contributed by atoms with van der Waals surface area (Å²) in [7, 11) is 1.16. The first-order valence-corrected chi connectivity index (χ1v) is 26.2. The van der Waals surface area contributed by atoms with Crippen molar-refractivity contribution >= 4 is 19.8 Å². The summed E-state index contributed by atoms with van der Waals surface area (Å²) < 4.78 is 34.0. The maximum absolute atomic E-state index is 12.7. The van der Waals surface area contributed by atoms with Crippen molar-refractivity contribution in [3.8, 4) is 0 Å². The Morgan fingerprint density at radius 1 is 0.517 bits per heavy atom. The quantitative estimate of drug-likeness (QED) is 0.0196. The highest BCUT2D eigenvalue weighted by Crippen LogP contribution is 2.38. The SMILES string of the molecule is CCCCC/C=C\C/C=C\CCCCCCCCCC(=O)OC(COC(=O)CCCCCCCCCCC/C=C\CCCCCCCC)COP(=O)([O-])OCC[N+](C)(C)C. The van der Waals surface area contributed by atoms with Gasteiger partial charge in [-0.3, -0.25) is 14.2 Å². The molecule has 0 aliphatic carbocycles. The lowest BCUT2D eigenvalue weighted by atomic mass is 10.1. The van der Waals surface area contributed by atoms with Gasteiger partial charge in [0.1, 0.15) is 19.8 Å². The van der Waals surface area contributed by atoms with Crippen molar-refractivity contribution in [1.29, 1.82) is 0 Å². The highest BCUT2D eigenvalue weighted by atomic mass is 31.2. The van der Waals surface area contributed by atoms with Crippen molar-refractivity contribution in [2.45, 2.75) is 225 Å². The molecule has 10 heteroatoms. The smallest absolute Gasteiger partial charge is 0.306 e. The number of hydrogen-bond donors (Lipinski definition) is 0. The van der Waals surface area contributed by atoms with Gasteiger partial charge in [0.05, 0.1) is 27.7 Å². The van der Waals surface area contributed by atoms with E-state index >= 15 is 0 Å². The first-order valence-electron chi connectivity index (χ1n) is 24.7. The molecule has 0 aromatic rings. The van der Waals surface area contributed by atoms with Crippen LogP contribution in [0.1, 0.15) is 219 Å². The second-order valence-electron chi connectivity index (χ2n) is 17.8. The summed E-state index contributed by atoms with van der Waals surface area (Å²) in [4.78, 5) is 37.7. The van der Waals surface area contributed by atoms with E-state index in [0.717, 1.165) is 51.4 Å². The number of hydrogen-bond acceptors (Lipinski definition) is 8. The topological polar surface area (TPSA) is 111 Å². The number of phosphoric acid groups is 1.